The fourth-order valence-electron chi connectivity index (χ4n) is 3.81. The number of aromatic amines is 1. The number of fused-ring (bicyclic) bond motifs is 1. The second-order valence-corrected chi connectivity index (χ2v) is 9.28. The molecule has 0 unspecified atom stereocenters. The van der Waals surface area contributed by atoms with Gasteiger partial charge in [0.15, 0.2) is 5.78 Å². The van der Waals surface area contributed by atoms with E-state index in [4.69, 9.17) is 9.88 Å². The molecular formula is C25H25N3O4S. The molecule has 0 amide bonds. The van der Waals surface area contributed by atoms with Crippen LogP contribution in [0.15, 0.2) is 83.9 Å². The number of aromatic nitrogens is 1. The summed E-state index contributed by atoms with van der Waals surface area (Å²) in [6, 6.07) is 21.1. The van der Waals surface area contributed by atoms with E-state index >= 15 is 0 Å². The lowest BCUT2D eigenvalue weighted by Gasteiger charge is -2.18. The maximum Gasteiger partial charge on any atom is 0.238 e. The van der Waals surface area contributed by atoms with Crippen LogP contribution in [0, 0.1) is 0 Å². The lowest BCUT2D eigenvalue weighted by atomic mass is 9.96. The van der Waals surface area contributed by atoms with Crippen molar-refractivity contribution in [2.45, 2.75) is 17.4 Å². The Balaban J connectivity index is 1.54. The number of ether oxygens (including phenoxy) is 1. The van der Waals surface area contributed by atoms with E-state index in [1.54, 1.807) is 25.4 Å². The quantitative estimate of drug-likeness (QED) is 0.328. The molecule has 0 bridgehead atoms. The lowest BCUT2D eigenvalue weighted by molar-refractivity contribution is 0.0945. The number of H-pyrrole nitrogens is 1. The molecule has 0 fully saturated rings. The van der Waals surface area contributed by atoms with Gasteiger partial charge < -0.3 is 15.0 Å². The number of nitrogens with one attached hydrogen (secondary N) is 2. The number of rotatable bonds is 9. The number of carbonyl (C=O) groups excluding carboxylic acids is 1. The first-order valence-electron chi connectivity index (χ1n) is 10.5. The summed E-state index contributed by atoms with van der Waals surface area (Å²) in [4.78, 5) is 16.8. The van der Waals surface area contributed by atoms with Crippen LogP contribution in [-0.2, 0) is 16.4 Å². The van der Waals surface area contributed by atoms with Gasteiger partial charge in [0.05, 0.1) is 18.0 Å². The minimum absolute atomic E-state index is 0.0396. The predicted molar refractivity (Wildman–Crippen MR) is 128 cm³/mol. The number of ketones is 1. The van der Waals surface area contributed by atoms with Crippen LogP contribution in [0.5, 0.6) is 5.75 Å². The molecule has 0 aliphatic rings. The fourth-order valence-corrected chi connectivity index (χ4v) is 4.32. The number of Topliss-reactive ketones (excluding diaryl/α,β-unsaturated/α-hetero) is 1. The van der Waals surface area contributed by atoms with Crippen LogP contribution in [0.3, 0.4) is 0 Å². The zero-order valence-electron chi connectivity index (χ0n) is 18.1. The monoisotopic (exact) mass is 463 g/mol. The first-order chi connectivity index (χ1) is 15.9. The average Bonchev–Trinajstić information content (AvgIpc) is 3.25. The number of hydrogen-bond acceptors (Lipinski definition) is 5. The predicted octanol–water partition coefficient (Wildman–Crippen LogP) is 3.58. The molecule has 4 aromatic rings. The number of benzene rings is 3. The van der Waals surface area contributed by atoms with Crippen LogP contribution in [0.4, 0.5) is 0 Å². The fraction of sp³-hybridized carbons (Fsp3) is 0.160. The minimum Gasteiger partial charge on any atom is -0.497 e. The molecule has 4 N–H and O–H groups in total. The molecule has 33 heavy (non-hydrogen) atoms. The Morgan fingerprint density at radius 3 is 2.45 bits per heavy atom. The van der Waals surface area contributed by atoms with E-state index in [1.165, 1.54) is 12.1 Å². The van der Waals surface area contributed by atoms with Crippen molar-refractivity contribution >= 4 is 26.7 Å². The number of carbonyl (C=O) groups is 1. The summed E-state index contributed by atoms with van der Waals surface area (Å²) >= 11 is 0. The molecule has 7 nitrogen and oxygen atoms in total. The highest BCUT2D eigenvalue weighted by Gasteiger charge is 2.24. The van der Waals surface area contributed by atoms with Gasteiger partial charge in [0.1, 0.15) is 5.75 Å². The van der Waals surface area contributed by atoms with E-state index in [1.807, 2.05) is 48.5 Å². The maximum atomic E-state index is 13.6. The van der Waals surface area contributed by atoms with Crippen molar-refractivity contribution in [2.75, 3.05) is 13.7 Å². The SMILES string of the molecule is COc1ccc2c(C(=O)[C@H](NCCc3ccc(S(N)(=O)=O)cc3)c3ccccc3)c[nH]c2c1. The third kappa shape index (κ3) is 5.14. The van der Waals surface area contributed by atoms with Crippen molar-refractivity contribution in [3.63, 3.8) is 0 Å². The highest BCUT2D eigenvalue weighted by molar-refractivity contribution is 7.89. The molecule has 0 aliphatic heterocycles. The standard InChI is InChI=1S/C25H25N3O4S/c1-32-19-9-12-21-22(16-28-23(21)15-19)25(29)24(18-5-3-2-4-6-18)27-14-13-17-7-10-20(11-8-17)33(26,30)31/h2-12,15-16,24,27-28H,13-14H2,1H3,(H2,26,30,31)/t24-/m1/s1. The molecule has 0 aliphatic carbocycles. The Labute approximate surface area is 192 Å². The van der Waals surface area contributed by atoms with Crippen molar-refractivity contribution in [3.8, 4) is 5.75 Å². The normalized spacial score (nSPS) is 12.5. The molecule has 0 spiro atoms. The second-order valence-electron chi connectivity index (χ2n) is 7.71. The molecule has 0 saturated carbocycles. The summed E-state index contributed by atoms with van der Waals surface area (Å²) in [6.45, 7) is 0.524. The van der Waals surface area contributed by atoms with E-state index < -0.39 is 16.1 Å². The average molecular weight is 464 g/mol. The van der Waals surface area contributed by atoms with Crippen molar-refractivity contribution in [2.24, 2.45) is 5.14 Å². The van der Waals surface area contributed by atoms with E-state index in [2.05, 4.69) is 10.3 Å². The van der Waals surface area contributed by atoms with Crippen molar-refractivity contribution in [1.29, 1.82) is 0 Å². The van der Waals surface area contributed by atoms with Crippen LogP contribution in [0.1, 0.15) is 27.5 Å². The smallest absolute Gasteiger partial charge is 0.238 e. The zero-order chi connectivity index (χ0) is 23.4. The van der Waals surface area contributed by atoms with Gasteiger partial charge in [-0.2, -0.15) is 0 Å². The highest BCUT2D eigenvalue weighted by Crippen LogP contribution is 2.27. The van der Waals surface area contributed by atoms with Crippen LogP contribution in [-0.4, -0.2) is 32.8 Å². The van der Waals surface area contributed by atoms with Gasteiger partial charge >= 0.3 is 0 Å². The Morgan fingerprint density at radius 1 is 1.06 bits per heavy atom. The van der Waals surface area contributed by atoms with Gasteiger partial charge in [-0.25, -0.2) is 13.6 Å². The second kappa shape index (κ2) is 9.58. The Morgan fingerprint density at radius 2 is 1.79 bits per heavy atom. The molecule has 4 rings (SSSR count). The number of nitrogens with two attached hydrogens (primary N) is 1. The number of hydrogen-bond donors (Lipinski definition) is 3. The molecule has 0 radical (unpaired) electrons. The molecular weight excluding hydrogens is 438 g/mol. The number of sulfonamides is 1. The van der Waals surface area contributed by atoms with Crippen LogP contribution in [0.2, 0.25) is 0 Å². The lowest BCUT2D eigenvalue weighted by Crippen LogP contribution is -2.30. The van der Waals surface area contributed by atoms with Crippen LogP contribution in [0.25, 0.3) is 10.9 Å². The van der Waals surface area contributed by atoms with Gasteiger partial charge in [-0.3, -0.25) is 4.79 Å². The van der Waals surface area contributed by atoms with Gasteiger partial charge in [0, 0.05) is 35.3 Å². The van der Waals surface area contributed by atoms with Crippen molar-refractivity contribution in [3.05, 3.63) is 95.7 Å². The molecule has 1 aromatic heterocycles. The molecule has 170 valence electrons. The van der Waals surface area contributed by atoms with E-state index in [0.29, 0.717) is 18.5 Å². The van der Waals surface area contributed by atoms with Crippen LogP contribution >= 0.6 is 0 Å². The maximum absolute atomic E-state index is 13.6. The van der Waals surface area contributed by atoms with Gasteiger partial charge in [0.25, 0.3) is 0 Å². The summed E-state index contributed by atoms with van der Waals surface area (Å²) in [5.74, 6) is 0.678. The summed E-state index contributed by atoms with van der Waals surface area (Å²) in [5, 5.41) is 9.37. The summed E-state index contributed by atoms with van der Waals surface area (Å²) in [5.41, 5.74) is 3.24. The Kier molecular flexibility index (Phi) is 6.60. The van der Waals surface area contributed by atoms with E-state index in [0.717, 1.165) is 27.8 Å². The molecule has 1 atom stereocenters. The van der Waals surface area contributed by atoms with E-state index in [-0.39, 0.29) is 10.7 Å². The molecule has 8 heteroatoms. The first kappa shape index (κ1) is 22.7. The summed E-state index contributed by atoms with van der Waals surface area (Å²) in [6.07, 6.45) is 2.35. The van der Waals surface area contributed by atoms with Gasteiger partial charge in [-0.15, -0.1) is 0 Å². The Bertz CT molecular complexity index is 1360. The van der Waals surface area contributed by atoms with Gasteiger partial charge in [-0.1, -0.05) is 42.5 Å². The van der Waals surface area contributed by atoms with Crippen LogP contribution < -0.4 is 15.2 Å². The van der Waals surface area contributed by atoms with Crippen molar-refractivity contribution < 1.29 is 17.9 Å². The molecule has 3 aromatic carbocycles. The van der Waals surface area contributed by atoms with Gasteiger partial charge in [-0.05, 0) is 41.8 Å². The number of primary sulfonamides is 1. The largest absolute Gasteiger partial charge is 0.497 e. The van der Waals surface area contributed by atoms with Crippen molar-refractivity contribution in [1.82, 2.24) is 10.3 Å². The third-order valence-corrected chi connectivity index (χ3v) is 6.49. The Hall–Kier alpha value is -3.46. The summed E-state index contributed by atoms with van der Waals surface area (Å²) < 4.78 is 28.2. The molecule has 1 heterocycles. The first-order valence-corrected chi connectivity index (χ1v) is 12.0. The third-order valence-electron chi connectivity index (χ3n) is 5.56. The number of methoxy groups -OCH3 is 1. The topological polar surface area (TPSA) is 114 Å². The highest BCUT2D eigenvalue weighted by atomic mass is 32.2. The van der Waals surface area contributed by atoms with Gasteiger partial charge in [0.2, 0.25) is 10.0 Å². The molecule has 0 saturated heterocycles. The minimum atomic E-state index is -3.72. The van der Waals surface area contributed by atoms with E-state index in [9.17, 15) is 13.2 Å². The summed E-state index contributed by atoms with van der Waals surface area (Å²) in [7, 11) is -2.11. The zero-order valence-corrected chi connectivity index (χ0v) is 18.9.